The Balaban J connectivity index is 2.42. The standard InChI is InChI=1S/C14H16BrN3O2/c1-3-8(2)12(14(19)20)18-13-10-6-9(15)4-5-11(10)16-7-17-13/h4-8,12H,3H2,1-2H3,(H,19,20)(H,16,17,18)/t8-,12+/m1/s1. The van der Waals surface area contributed by atoms with Crippen molar-refractivity contribution in [2.24, 2.45) is 5.92 Å². The van der Waals surface area contributed by atoms with Crippen LogP contribution in [0.25, 0.3) is 10.9 Å². The zero-order chi connectivity index (χ0) is 14.7. The van der Waals surface area contributed by atoms with E-state index >= 15 is 0 Å². The monoisotopic (exact) mass is 337 g/mol. The summed E-state index contributed by atoms with van der Waals surface area (Å²) in [7, 11) is 0. The number of carbonyl (C=O) groups is 1. The highest BCUT2D eigenvalue weighted by Crippen LogP contribution is 2.25. The largest absolute Gasteiger partial charge is 0.480 e. The molecule has 0 aliphatic heterocycles. The predicted octanol–water partition coefficient (Wildman–Crippen LogP) is 3.30. The van der Waals surface area contributed by atoms with Crippen LogP contribution in [-0.4, -0.2) is 27.1 Å². The molecule has 0 saturated heterocycles. The van der Waals surface area contributed by atoms with Crippen LogP contribution in [-0.2, 0) is 4.79 Å². The van der Waals surface area contributed by atoms with Gasteiger partial charge in [0.1, 0.15) is 18.2 Å². The summed E-state index contributed by atoms with van der Waals surface area (Å²) >= 11 is 3.40. The zero-order valence-corrected chi connectivity index (χ0v) is 12.9. The molecule has 0 unspecified atom stereocenters. The van der Waals surface area contributed by atoms with Crippen LogP contribution in [0.4, 0.5) is 5.82 Å². The third-order valence-electron chi connectivity index (χ3n) is 3.37. The fourth-order valence-electron chi connectivity index (χ4n) is 1.97. The Morgan fingerprint density at radius 3 is 2.85 bits per heavy atom. The summed E-state index contributed by atoms with van der Waals surface area (Å²) in [5, 5.41) is 13.2. The number of anilines is 1. The summed E-state index contributed by atoms with van der Waals surface area (Å²) in [6.07, 6.45) is 2.21. The van der Waals surface area contributed by atoms with Crippen molar-refractivity contribution in [3.05, 3.63) is 29.0 Å². The average molecular weight is 338 g/mol. The van der Waals surface area contributed by atoms with Crippen molar-refractivity contribution in [1.29, 1.82) is 0 Å². The lowest BCUT2D eigenvalue weighted by Gasteiger charge is -2.21. The minimum absolute atomic E-state index is 0.00432. The number of carboxylic acids is 1. The zero-order valence-electron chi connectivity index (χ0n) is 11.3. The first-order valence-electron chi connectivity index (χ1n) is 6.42. The van der Waals surface area contributed by atoms with Gasteiger partial charge in [-0.1, -0.05) is 36.2 Å². The molecule has 2 N–H and O–H groups in total. The topological polar surface area (TPSA) is 75.1 Å². The molecule has 0 fully saturated rings. The predicted molar refractivity (Wildman–Crippen MR) is 81.7 cm³/mol. The van der Waals surface area contributed by atoms with E-state index < -0.39 is 12.0 Å². The van der Waals surface area contributed by atoms with Gasteiger partial charge in [0, 0.05) is 9.86 Å². The fourth-order valence-corrected chi connectivity index (χ4v) is 2.34. The number of aromatic nitrogens is 2. The molecule has 0 bridgehead atoms. The number of aliphatic carboxylic acids is 1. The average Bonchev–Trinajstić information content (AvgIpc) is 2.43. The molecule has 20 heavy (non-hydrogen) atoms. The van der Waals surface area contributed by atoms with E-state index in [2.05, 4.69) is 31.2 Å². The summed E-state index contributed by atoms with van der Waals surface area (Å²) in [6, 6.07) is 4.97. The summed E-state index contributed by atoms with van der Waals surface area (Å²) in [5.74, 6) is -0.324. The fraction of sp³-hybridized carbons (Fsp3) is 0.357. The van der Waals surface area contributed by atoms with E-state index in [-0.39, 0.29) is 5.92 Å². The summed E-state index contributed by atoms with van der Waals surface area (Å²) in [5.41, 5.74) is 0.777. The van der Waals surface area contributed by atoms with Crippen LogP contribution in [0.15, 0.2) is 29.0 Å². The van der Waals surface area contributed by atoms with Gasteiger partial charge >= 0.3 is 5.97 Å². The van der Waals surface area contributed by atoms with Crippen LogP contribution < -0.4 is 5.32 Å². The summed E-state index contributed by atoms with van der Waals surface area (Å²) in [4.78, 5) is 19.8. The van der Waals surface area contributed by atoms with Crippen molar-refractivity contribution in [3.8, 4) is 0 Å². The molecule has 0 aliphatic carbocycles. The molecule has 2 atom stereocenters. The minimum Gasteiger partial charge on any atom is -0.480 e. The third kappa shape index (κ3) is 3.07. The molecular weight excluding hydrogens is 322 g/mol. The third-order valence-corrected chi connectivity index (χ3v) is 3.86. The van der Waals surface area contributed by atoms with E-state index in [1.165, 1.54) is 6.33 Å². The lowest BCUT2D eigenvalue weighted by Crippen LogP contribution is -2.35. The number of rotatable bonds is 5. The van der Waals surface area contributed by atoms with E-state index in [4.69, 9.17) is 0 Å². The molecule has 6 heteroatoms. The number of carboxylic acid groups (broad SMARTS) is 1. The quantitative estimate of drug-likeness (QED) is 0.875. The maximum Gasteiger partial charge on any atom is 0.326 e. The number of hydrogen-bond acceptors (Lipinski definition) is 4. The Hall–Kier alpha value is -1.69. The van der Waals surface area contributed by atoms with Crippen LogP contribution in [0, 0.1) is 5.92 Å². The molecular formula is C14H16BrN3O2. The van der Waals surface area contributed by atoms with Gasteiger partial charge in [0.15, 0.2) is 0 Å². The number of hydrogen-bond donors (Lipinski definition) is 2. The van der Waals surface area contributed by atoms with Crippen LogP contribution in [0.1, 0.15) is 20.3 Å². The molecule has 0 aliphatic rings. The van der Waals surface area contributed by atoms with Crippen molar-refractivity contribution in [1.82, 2.24) is 9.97 Å². The molecule has 1 heterocycles. The maximum atomic E-state index is 11.4. The van der Waals surface area contributed by atoms with Crippen molar-refractivity contribution in [2.75, 3.05) is 5.32 Å². The van der Waals surface area contributed by atoms with E-state index in [1.807, 2.05) is 32.0 Å². The van der Waals surface area contributed by atoms with Gasteiger partial charge in [-0.15, -0.1) is 0 Å². The van der Waals surface area contributed by atoms with Gasteiger partial charge in [0.2, 0.25) is 0 Å². The summed E-state index contributed by atoms with van der Waals surface area (Å²) in [6.45, 7) is 3.88. The second kappa shape index (κ2) is 6.17. The molecule has 1 aromatic carbocycles. The molecule has 0 amide bonds. The van der Waals surface area contributed by atoms with Crippen LogP contribution in [0.5, 0.6) is 0 Å². The normalized spacial score (nSPS) is 13.9. The van der Waals surface area contributed by atoms with Crippen molar-refractivity contribution in [3.63, 3.8) is 0 Å². The van der Waals surface area contributed by atoms with E-state index in [9.17, 15) is 9.90 Å². The molecule has 1 aromatic heterocycles. The molecule has 106 valence electrons. The van der Waals surface area contributed by atoms with Crippen LogP contribution in [0.3, 0.4) is 0 Å². The van der Waals surface area contributed by atoms with Gasteiger partial charge < -0.3 is 10.4 Å². The van der Waals surface area contributed by atoms with E-state index in [0.29, 0.717) is 5.82 Å². The number of nitrogens with zero attached hydrogens (tertiary/aromatic N) is 2. The van der Waals surface area contributed by atoms with Gasteiger partial charge in [-0.25, -0.2) is 14.8 Å². The number of halogens is 1. The highest BCUT2D eigenvalue weighted by Gasteiger charge is 2.24. The first kappa shape index (κ1) is 14.7. The van der Waals surface area contributed by atoms with Gasteiger partial charge in [-0.3, -0.25) is 0 Å². The van der Waals surface area contributed by atoms with Crippen LogP contribution in [0.2, 0.25) is 0 Å². The van der Waals surface area contributed by atoms with Gasteiger partial charge in [0.25, 0.3) is 0 Å². The molecule has 0 spiro atoms. The Bertz CT molecular complexity index is 633. The van der Waals surface area contributed by atoms with Gasteiger partial charge in [-0.2, -0.15) is 0 Å². The lowest BCUT2D eigenvalue weighted by atomic mass is 9.99. The second-order valence-corrected chi connectivity index (χ2v) is 5.65. The number of benzene rings is 1. The minimum atomic E-state index is -0.874. The highest BCUT2D eigenvalue weighted by atomic mass is 79.9. The lowest BCUT2D eigenvalue weighted by molar-refractivity contribution is -0.139. The van der Waals surface area contributed by atoms with Gasteiger partial charge in [-0.05, 0) is 24.1 Å². The number of fused-ring (bicyclic) bond motifs is 1. The van der Waals surface area contributed by atoms with Crippen molar-refractivity contribution in [2.45, 2.75) is 26.3 Å². The maximum absolute atomic E-state index is 11.4. The second-order valence-electron chi connectivity index (χ2n) is 4.73. The Labute approximate surface area is 125 Å². The first-order valence-corrected chi connectivity index (χ1v) is 7.21. The molecule has 0 radical (unpaired) electrons. The summed E-state index contributed by atoms with van der Waals surface area (Å²) < 4.78 is 0.901. The van der Waals surface area contributed by atoms with Crippen molar-refractivity contribution >= 4 is 38.6 Å². The first-order chi connectivity index (χ1) is 9.52. The molecule has 2 rings (SSSR count). The highest BCUT2D eigenvalue weighted by molar-refractivity contribution is 9.10. The smallest absolute Gasteiger partial charge is 0.326 e. The Morgan fingerprint density at radius 2 is 2.20 bits per heavy atom. The number of nitrogens with one attached hydrogen (secondary N) is 1. The molecule has 0 saturated carbocycles. The van der Waals surface area contributed by atoms with E-state index in [0.717, 1.165) is 21.8 Å². The Kier molecular flexibility index (Phi) is 4.54. The van der Waals surface area contributed by atoms with E-state index in [1.54, 1.807) is 0 Å². The SMILES string of the molecule is CC[C@@H](C)[C@H](Nc1ncnc2ccc(Br)cc12)C(=O)O. The molecule has 5 nitrogen and oxygen atoms in total. The van der Waals surface area contributed by atoms with Crippen molar-refractivity contribution < 1.29 is 9.90 Å². The van der Waals surface area contributed by atoms with Gasteiger partial charge in [0.05, 0.1) is 5.52 Å². The van der Waals surface area contributed by atoms with Crippen LogP contribution >= 0.6 is 15.9 Å². The Morgan fingerprint density at radius 1 is 1.45 bits per heavy atom. The molecule has 2 aromatic rings.